The second kappa shape index (κ2) is 9.81. The first-order valence-corrected chi connectivity index (χ1v) is 13.7. The van der Waals surface area contributed by atoms with Gasteiger partial charge in [-0.1, -0.05) is 49.1 Å². The van der Waals surface area contributed by atoms with Crippen molar-refractivity contribution in [2.45, 2.75) is 75.1 Å². The molecule has 2 aromatic carbocycles. The minimum atomic E-state index is -3.61. The monoisotopic (exact) mass is 464 g/mol. The van der Waals surface area contributed by atoms with Crippen LogP contribution in [0.2, 0.25) is 0 Å². The van der Waals surface area contributed by atoms with Crippen molar-refractivity contribution in [2.24, 2.45) is 0 Å². The minimum absolute atomic E-state index is 0.0153. The largest absolute Gasteiger partial charge is 0.241 e. The van der Waals surface area contributed by atoms with Gasteiger partial charge in [-0.25, -0.2) is 26.3 Å². The molecule has 1 fully saturated rings. The normalized spacial score (nSPS) is 15.8. The van der Waals surface area contributed by atoms with Crippen LogP contribution in [0, 0.1) is 20.8 Å². The van der Waals surface area contributed by atoms with Gasteiger partial charge in [-0.2, -0.15) is 0 Å². The molecule has 0 spiro atoms. The molecule has 0 amide bonds. The highest BCUT2D eigenvalue weighted by molar-refractivity contribution is 7.89. The van der Waals surface area contributed by atoms with E-state index >= 15 is 0 Å². The minimum Gasteiger partial charge on any atom is -0.211 e. The van der Waals surface area contributed by atoms with E-state index in [4.69, 9.17) is 0 Å². The van der Waals surface area contributed by atoms with Gasteiger partial charge in [0.2, 0.25) is 20.0 Å². The van der Waals surface area contributed by atoms with Crippen molar-refractivity contribution >= 4 is 20.0 Å². The second-order valence-electron chi connectivity index (χ2n) is 8.48. The zero-order valence-corrected chi connectivity index (χ0v) is 20.1. The first-order valence-electron chi connectivity index (χ1n) is 10.8. The summed E-state index contributed by atoms with van der Waals surface area (Å²) in [6, 6.07) is 10.4. The summed E-state index contributed by atoms with van der Waals surface area (Å²) in [5.74, 6) is 0. The van der Waals surface area contributed by atoms with Crippen LogP contribution in [0.15, 0.2) is 46.2 Å². The van der Waals surface area contributed by atoms with Gasteiger partial charge in [0.05, 0.1) is 9.79 Å². The molecule has 2 N–H and O–H groups in total. The van der Waals surface area contributed by atoms with E-state index in [2.05, 4.69) is 9.44 Å². The molecular weight excluding hydrogens is 432 g/mol. The van der Waals surface area contributed by atoms with E-state index in [1.54, 1.807) is 38.1 Å². The van der Waals surface area contributed by atoms with E-state index in [1.807, 2.05) is 19.1 Å². The molecule has 3 rings (SSSR count). The molecule has 8 heteroatoms. The van der Waals surface area contributed by atoms with Crippen molar-refractivity contribution in [3.63, 3.8) is 0 Å². The fourth-order valence-electron chi connectivity index (χ4n) is 4.34. The summed E-state index contributed by atoms with van der Waals surface area (Å²) in [4.78, 5) is 0.571. The number of aryl methyl sites for hydroxylation is 3. The van der Waals surface area contributed by atoms with Crippen LogP contribution in [0.4, 0.5) is 0 Å². The molecule has 0 bridgehead atoms. The van der Waals surface area contributed by atoms with Crippen molar-refractivity contribution in [2.75, 3.05) is 6.54 Å². The molecule has 0 radical (unpaired) electrons. The Morgan fingerprint density at radius 2 is 1.42 bits per heavy atom. The SMILES string of the molecule is Cc1cc(C)c(S(=O)(=O)NCCc2ccc(S(=O)(=O)NC3CCCCC3)cc2)c(C)c1. The summed E-state index contributed by atoms with van der Waals surface area (Å²) in [5, 5.41) is 0. The molecule has 0 saturated heterocycles. The Balaban J connectivity index is 1.60. The summed E-state index contributed by atoms with van der Waals surface area (Å²) in [5.41, 5.74) is 3.36. The van der Waals surface area contributed by atoms with Gasteiger partial charge in [-0.05, 0) is 68.9 Å². The smallest absolute Gasteiger partial charge is 0.211 e. The van der Waals surface area contributed by atoms with Crippen LogP contribution in [0.1, 0.15) is 54.4 Å². The maximum atomic E-state index is 12.8. The Labute approximate surface area is 186 Å². The maximum absolute atomic E-state index is 12.8. The molecule has 170 valence electrons. The summed E-state index contributed by atoms with van der Waals surface area (Å²) < 4.78 is 56.2. The second-order valence-corrected chi connectivity index (χ2v) is 11.9. The third-order valence-electron chi connectivity index (χ3n) is 5.74. The van der Waals surface area contributed by atoms with Crippen LogP contribution in [0.3, 0.4) is 0 Å². The van der Waals surface area contributed by atoms with Crippen LogP contribution in [0.25, 0.3) is 0 Å². The van der Waals surface area contributed by atoms with E-state index in [0.29, 0.717) is 11.3 Å². The van der Waals surface area contributed by atoms with Crippen molar-refractivity contribution in [3.05, 3.63) is 58.7 Å². The molecule has 1 saturated carbocycles. The predicted octanol–water partition coefficient (Wildman–Crippen LogP) is 3.74. The molecule has 0 heterocycles. The Morgan fingerprint density at radius 3 is 2.00 bits per heavy atom. The van der Waals surface area contributed by atoms with Gasteiger partial charge >= 0.3 is 0 Å². The highest BCUT2D eigenvalue weighted by atomic mass is 32.2. The molecule has 1 aliphatic rings. The van der Waals surface area contributed by atoms with Crippen LogP contribution in [-0.4, -0.2) is 29.4 Å². The predicted molar refractivity (Wildman–Crippen MR) is 123 cm³/mol. The van der Waals surface area contributed by atoms with Crippen LogP contribution in [-0.2, 0) is 26.5 Å². The molecule has 1 aliphatic carbocycles. The zero-order chi connectivity index (χ0) is 22.6. The van der Waals surface area contributed by atoms with E-state index in [1.165, 1.54) is 6.42 Å². The summed E-state index contributed by atoms with van der Waals surface area (Å²) in [6.45, 7) is 5.78. The van der Waals surface area contributed by atoms with Crippen LogP contribution < -0.4 is 9.44 Å². The van der Waals surface area contributed by atoms with Gasteiger partial charge in [0.1, 0.15) is 0 Å². The fraction of sp³-hybridized carbons (Fsp3) is 0.478. The zero-order valence-electron chi connectivity index (χ0n) is 18.4. The number of rotatable bonds is 8. The first kappa shape index (κ1) is 23.9. The Hall–Kier alpha value is -1.74. The van der Waals surface area contributed by atoms with Crippen molar-refractivity contribution in [1.29, 1.82) is 0 Å². The molecule has 31 heavy (non-hydrogen) atoms. The topological polar surface area (TPSA) is 92.3 Å². The van der Waals surface area contributed by atoms with E-state index < -0.39 is 20.0 Å². The average Bonchev–Trinajstić information content (AvgIpc) is 2.67. The molecular formula is C23H32N2O4S2. The van der Waals surface area contributed by atoms with E-state index in [0.717, 1.165) is 47.9 Å². The Morgan fingerprint density at radius 1 is 0.839 bits per heavy atom. The lowest BCUT2D eigenvalue weighted by atomic mass is 9.96. The average molecular weight is 465 g/mol. The number of benzene rings is 2. The maximum Gasteiger partial charge on any atom is 0.241 e. The lowest BCUT2D eigenvalue weighted by Gasteiger charge is -2.22. The van der Waals surface area contributed by atoms with Gasteiger partial charge in [-0.3, -0.25) is 0 Å². The summed E-state index contributed by atoms with van der Waals surface area (Å²) in [7, 11) is -7.14. The number of hydrogen-bond acceptors (Lipinski definition) is 4. The van der Waals surface area contributed by atoms with Gasteiger partial charge in [-0.15, -0.1) is 0 Å². The number of hydrogen-bond donors (Lipinski definition) is 2. The standard InChI is InChI=1S/C23H32N2O4S2/c1-17-15-18(2)23(19(3)16-17)31(28,29)24-14-13-20-9-11-22(12-10-20)30(26,27)25-21-7-5-4-6-8-21/h9-12,15-16,21,24-25H,4-8,13-14H2,1-3H3. The quantitative estimate of drug-likeness (QED) is 0.622. The van der Waals surface area contributed by atoms with Gasteiger partial charge in [0.15, 0.2) is 0 Å². The van der Waals surface area contributed by atoms with Crippen LogP contribution in [0.5, 0.6) is 0 Å². The Bertz CT molecular complexity index is 1100. The molecule has 0 atom stereocenters. The highest BCUT2D eigenvalue weighted by Gasteiger charge is 2.22. The van der Waals surface area contributed by atoms with E-state index in [-0.39, 0.29) is 17.5 Å². The van der Waals surface area contributed by atoms with Crippen LogP contribution >= 0.6 is 0 Å². The lowest BCUT2D eigenvalue weighted by Crippen LogP contribution is -2.36. The van der Waals surface area contributed by atoms with Gasteiger partial charge in [0.25, 0.3) is 0 Å². The van der Waals surface area contributed by atoms with Gasteiger partial charge in [0, 0.05) is 12.6 Å². The summed E-state index contributed by atoms with van der Waals surface area (Å²) in [6.07, 6.45) is 5.53. The molecule has 2 aromatic rings. The molecule has 0 aromatic heterocycles. The van der Waals surface area contributed by atoms with E-state index in [9.17, 15) is 16.8 Å². The van der Waals surface area contributed by atoms with Crippen molar-refractivity contribution in [1.82, 2.24) is 9.44 Å². The van der Waals surface area contributed by atoms with Crippen molar-refractivity contribution < 1.29 is 16.8 Å². The molecule has 0 unspecified atom stereocenters. The first-order chi connectivity index (χ1) is 14.6. The number of sulfonamides is 2. The third kappa shape index (κ3) is 6.16. The third-order valence-corrected chi connectivity index (χ3v) is 9.04. The molecule has 6 nitrogen and oxygen atoms in total. The number of nitrogens with one attached hydrogen (secondary N) is 2. The lowest BCUT2D eigenvalue weighted by molar-refractivity contribution is 0.412. The fourth-order valence-corrected chi connectivity index (χ4v) is 7.12. The highest BCUT2D eigenvalue weighted by Crippen LogP contribution is 2.22. The summed E-state index contributed by atoms with van der Waals surface area (Å²) >= 11 is 0. The van der Waals surface area contributed by atoms with Crippen molar-refractivity contribution in [3.8, 4) is 0 Å². The molecule has 0 aliphatic heterocycles. The Kier molecular flexibility index (Phi) is 7.57. The van der Waals surface area contributed by atoms with Gasteiger partial charge < -0.3 is 0 Å².